The molecule has 0 bridgehead atoms. The third-order valence-corrected chi connectivity index (χ3v) is 3.52. The standard InChI is InChI=1S/C18H22O2/c1-14-3-5-16(6-4-14)13-17(19)10-7-15-8-11-18(20-2)12-9-15/h3-6,8-9,11-12,17,19H,7,10,13H2,1-2H3. The van der Waals surface area contributed by atoms with E-state index in [1.807, 2.05) is 12.1 Å². The number of aryl methyl sites for hydroxylation is 2. The van der Waals surface area contributed by atoms with Crippen molar-refractivity contribution in [3.8, 4) is 5.75 Å². The van der Waals surface area contributed by atoms with E-state index in [0.29, 0.717) is 0 Å². The molecule has 2 aromatic carbocycles. The lowest BCUT2D eigenvalue weighted by atomic mass is 10.0. The van der Waals surface area contributed by atoms with Crippen LogP contribution in [0.2, 0.25) is 0 Å². The number of aliphatic hydroxyl groups is 1. The average Bonchev–Trinajstić information content (AvgIpc) is 2.48. The molecule has 2 heteroatoms. The molecule has 0 heterocycles. The first-order valence-corrected chi connectivity index (χ1v) is 7.04. The summed E-state index contributed by atoms with van der Waals surface area (Å²) in [5.41, 5.74) is 3.67. The van der Waals surface area contributed by atoms with Crippen molar-refractivity contribution in [2.45, 2.75) is 32.3 Å². The highest BCUT2D eigenvalue weighted by Crippen LogP contribution is 2.14. The van der Waals surface area contributed by atoms with Gasteiger partial charge in [0.25, 0.3) is 0 Å². The van der Waals surface area contributed by atoms with E-state index < -0.39 is 0 Å². The van der Waals surface area contributed by atoms with Crippen molar-refractivity contribution in [2.24, 2.45) is 0 Å². The van der Waals surface area contributed by atoms with Crippen LogP contribution in [0.15, 0.2) is 48.5 Å². The van der Waals surface area contributed by atoms with Crippen molar-refractivity contribution < 1.29 is 9.84 Å². The molecule has 1 unspecified atom stereocenters. The van der Waals surface area contributed by atoms with Crippen LogP contribution in [0.3, 0.4) is 0 Å². The number of aliphatic hydroxyl groups excluding tert-OH is 1. The van der Waals surface area contributed by atoms with Crippen LogP contribution in [-0.4, -0.2) is 18.3 Å². The fraction of sp³-hybridized carbons (Fsp3) is 0.333. The van der Waals surface area contributed by atoms with Gasteiger partial charge in [0.05, 0.1) is 13.2 Å². The van der Waals surface area contributed by atoms with E-state index >= 15 is 0 Å². The molecule has 0 fully saturated rings. The fourth-order valence-electron chi connectivity index (χ4n) is 2.22. The van der Waals surface area contributed by atoms with Crippen molar-refractivity contribution >= 4 is 0 Å². The van der Waals surface area contributed by atoms with Crippen LogP contribution >= 0.6 is 0 Å². The Morgan fingerprint density at radius 2 is 1.55 bits per heavy atom. The van der Waals surface area contributed by atoms with Crippen molar-refractivity contribution in [1.82, 2.24) is 0 Å². The summed E-state index contributed by atoms with van der Waals surface area (Å²) in [6.07, 6.45) is 2.09. The predicted octanol–water partition coefficient (Wildman–Crippen LogP) is 3.54. The Hall–Kier alpha value is -1.80. The van der Waals surface area contributed by atoms with Crippen LogP contribution < -0.4 is 4.74 Å². The SMILES string of the molecule is COc1ccc(CCC(O)Cc2ccc(C)cc2)cc1. The summed E-state index contributed by atoms with van der Waals surface area (Å²) in [6, 6.07) is 16.4. The van der Waals surface area contributed by atoms with Gasteiger partial charge < -0.3 is 9.84 Å². The number of hydrogen-bond acceptors (Lipinski definition) is 2. The maximum Gasteiger partial charge on any atom is 0.118 e. The summed E-state index contributed by atoms with van der Waals surface area (Å²) < 4.78 is 5.13. The van der Waals surface area contributed by atoms with E-state index in [1.54, 1.807) is 7.11 Å². The fourth-order valence-corrected chi connectivity index (χ4v) is 2.22. The van der Waals surface area contributed by atoms with Gasteiger partial charge in [0.1, 0.15) is 5.75 Å². The van der Waals surface area contributed by atoms with Gasteiger partial charge in [-0.05, 0) is 49.4 Å². The summed E-state index contributed by atoms with van der Waals surface area (Å²) in [4.78, 5) is 0. The Balaban J connectivity index is 1.82. The van der Waals surface area contributed by atoms with Gasteiger partial charge in [0.15, 0.2) is 0 Å². The molecular formula is C18H22O2. The van der Waals surface area contributed by atoms with Gasteiger partial charge in [-0.3, -0.25) is 0 Å². The molecule has 20 heavy (non-hydrogen) atoms. The molecule has 1 N–H and O–H groups in total. The quantitative estimate of drug-likeness (QED) is 0.870. The smallest absolute Gasteiger partial charge is 0.118 e. The summed E-state index contributed by atoms with van der Waals surface area (Å²) >= 11 is 0. The van der Waals surface area contributed by atoms with E-state index in [0.717, 1.165) is 25.0 Å². The Morgan fingerprint density at radius 1 is 0.950 bits per heavy atom. The van der Waals surface area contributed by atoms with Crippen LogP contribution in [0.5, 0.6) is 5.75 Å². The van der Waals surface area contributed by atoms with Gasteiger partial charge in [-0.25, -0.2) is 0 Å². The molecule has 0 radical (unpaired) electrons. The third kappa shape index (κ3) is 4.39. The second-order valence-corrected chi connectivity index (χ2v) is 5.23. The monoisotopic (exact) mass is 270 g/mol. The Morgan fingerprint density at radius 3 is 2.15 bits per heavy atom. The minimum absolute atomic E-state index is 0.292. The lowest BCUT2D eigenvalue weighted by Crippen LogP contribution is -2.11. The molecule has 106 valence electrons. The molecular weight excluding hydrogens is 248 g/mol. The second-order valence-electron chi connectivity index (χ2n) is 5.23. The van der Waals surface area contributed by atoms with Crippen LogP contribution in [0, 0.1) is 6.92 Å². The first-order valence-electron chi connectivity index (χ1n) is 7.04. The number of ether oxygens (including phenoxy) is 1. The highest BCUT2D eigenvalue weighted by atomic mass is 16.5. The summed E-state index contributed by atoms with van der Waals surface area (Å²) in [5.74, 6) is 0.869. The predicted molar refractivity (Wildman–Crippen MR) is 82.2 cm³/mol. The topological polar surface area (TPSA) is 29.5 Å². The van der Waals surface area contributed by atoms with E-state index in [4.69, 9.17) is 4.74 Å². The maximum atomic E-state index is 10.1. The Bertz CT molecular complexity index is 514. The highest BCUT2D eigenvalue weighted by molar-refractivity contribution is 5.27. The molecule has 0 aromatic heterocycles. The van der Waals surface area contributed by atoms with Crippen molar-refractivity contribution in [1.29, 1.82) is 0 Å². The molecule has 0 saturated carbocycles. The Kier molecular flexibility index (Phi) is 5.19. The van der Waals surface area contributed by atoms with Gasteiger partial charge in [-0.1, -0.05) is 42.0 Å². The summed E-state index contributed by atoms with van der Waals surface area (Å²) in [6.45, 7) is 2.07. The number of hydrogen-bond donors (Lipinski definition) is 1. The van der Waals surface area contributed by atoms with Gasteiger partial charge in [0, 0.05) is 0 Å². The number of rotatable bonds is 6. The second kappa shape index (κ2) is 7.11. The normalized spacial score (nSPS) is 12.2. The minimum Gasteiger partial charge on any atom is -0.497 e. The zero-order valence-electron chi connectivity index (χ0n) is 12.2. The third-order valence-electron chi connectivity index (χ3n) is 3.52. The molecule has 2 nitrogen and oxygen atoms in total. The van der Waals surface area contributed by atoms with Gasteiger partial charge >= 0.3 is 0 Å². The Labute approximate surface area is 121 Å². The molecule has 0 aliphatic heterocycles. The number of methoxy groups -OCH3 is 1. The zero-order chi connectivity index (χ0) is 14.4. The van der Waals surface area contributed by atoms with Crippen LogP contribution in [-0.2, 0) is 12.8 Å². The van der Waals surface area contributed by atoms with E-state index in [9.17, 15) is 5.11 Å². The van der Waals surface area contributed by atoms with Crippen LogP contribution in [0.4, 0.5) is 0 Å². The minimum atomic E-state index is -0.292. The lowest BCUT2D eigenvalue weighted by molar-refractivity contribution is 0.165. The van der Waals surface area contributed by atoms with Gasteiger partial charge in [-0.15, -0.1) is 0 Å². The van der Waals surface area contributed by atoms with Gasteiger partial charge in [0.2, 0.25) is 0 Å². The van der Waals surface area contributed by atoms with Crippen molar-refractivity contribution in [3.63, 3.8) is 0 Å². The van der Waals surface area contributed by atoms with E-state index in [-0.39, 0.29) is 6.10 Å². The van der Waals surface area contributed by atoms with Crippen molar-refractivity contribution in [3.05, 3.63) is 65.2 Å². The lowest BCUT2D eigenvalue weighted by Gasteiger charge is -2.11. The summed E-state index contributed by atoms with van der Waals surface area (Å²) in [5, 5.41) is 10.1. The van der Waals surface area contributed by atoms with E-state index in [1.165, 1.54) is 16.7 Å². The molecule has 0 amide bonds. The molecule has 1 atom stereocenters. The molecule has 0 aliphatic rings. The highest BCUT2D eigenvalue weighted by Gasteiger charge is 2.06. The largest absolute Gasteiger partial charge is 0.497 e. The molecule has 0 spiro atoms. The summed E-state index contributed by atoms with van der Waals surface area (Å²) in [7, 11) is 1.67. The maximum absolute atomic E-state index is 10.1. The molecule has 2 aromatic rings. The zero-order valence-corrected chi connectivity index (χ0v) is 12.2. The molecule has 0 saturated heterocycles. The average molecular weight is 270 g/mol. The van der Waals surface area contributed by atoms with Crippen molar-refractivity contribution in [2.75, 3.05) is 7.11 Å². The first-order chi connectivity index (χ1) is 9.67. The van der Waals surface area contributed by atoms with Crippen LogP contribution in [0.1, 0.15) is 23.1 Å². The number of benzene rings is 2. The first kappa shape index (κ1) is 14.6. The van der Waals surface area contributed by atoms with E-state index in [2.05, 4.69) is 43.3 Å². The molecule has 0 aliphatic carbocycles. The van der Waals surface area contributed by atoms with Crippen LogP contribution in [0.25, 0.3) is 0 Å². The van der Waals surface area contributed by atoms with Gasteiger partial charge in [-0.2, -0.15) is 0 Å². The molecule has 2 rings (SSSR count).